The summed E-state index contributed by atoms with van der Waals surface area (Å²) >= 11 is 0. The van der Waals surface area contributed by atoms with Gasteiger partial charge in [-0.15, -0.1) is 12.3 Å². The fourth-order valence-corrected chi connectivity index (χ4v) is 2.51. The summed E-state index contributed by atoms with van der Waals surface area (Å²) in [4.78, 5) is 0. The Bertz CT molecular complexity index is 174. The monoisotopic (exact) mass is 193 g/mol. The van der Waals surface area contributed by atoms with Gasteiger partial charge in [-0.1, -0.05) is 26.2 Å². The van der Waals surface area contributed by atoms with E-state index in [4.69, 9.17) is 6.42 Å². The minimum absolute atomic E-state index is 0.712. The first-order valence-electron chi connectivity index (χ1n) is 6.05. The Balaban J connectivity index is 2.25. The van der Waals surface area contributed by atoms with Crippen LogP contribution in [0.3, 0.4) is 0 Å². The van der Waals surface area contributed by atoms with Crippen LogP contribution < -0.4 is 5.32 Å². The van der Waals surface area contributed by atoms with Crippen LogP contribution in [0.5, 0.6) is 0 Å². The van der Waals surface area contributed by atoms with Crippen molar-refractivity contribution in [2.45, 2.75) is 57.9 Å². The van der Waals surface area contributed by atoms with Gasteiger partial charge in [-0.25, -0.2) is 0 Å². The van der Waals surface area contributed by atoms with Crippen LogP contribution in [-0.4, -0.2) is 12.6 Å². The van der Waals surface area contributed by atoms with Crippen LogP contribution in [0.2, 0.25) is 0 Å². The van der Waals surface area contributed by atoms with E-state index in [2.05, 4.69) is 18.2 Å². The van der Waals surface area contributed by atoms with Gasteiger partial charge in [0.05, 0.1) is 0 Å². The molecule has 0 aromatic carbocycles. The van der Waals surface area contributed by atoms with E-state index in [9.17, 15) is 0 Å². The summed E-state index contributed by atoms with van der Waals surface area (Å²) in [5.41, 5.74) is 0. The molecule has 1 rings (SSSR count). The Labute approximate surface area is 88.7 Å². The van der Waals surface area contributed by atoms with Crippen molar-refractivity contribution < 1.29 is 0 Å². The van der Waals surface area contributed by atoms with E-state index >= 15 is 0 Å². The Hall–Kier alpha value is -0.480. The van der Waals surface area contributed by atoms with Crippen molar-refractivity contribution in [3.8, 4) is 12.3 Å². The van der Waals surface area contributed by atoms with Gasteiger partial charge in [0.2, 0.25) is 0 Å². The molecule has 1 fully saturated rings. The standard InChI is InChI=1S/C13H23N/c1-3-5-11-14-13(4-2)12-9-7-6-8-10-12/h1,12-14H,4-11H2,2H3. The van der Waals surface area contributed by atoms with Crippen LogP contribution in [0.15, 0.2) is 0 Å². The van der Waals surface area contributed by atoms with E-state index in [0.29, 0.717) is 6.04 Å². The molecule has 1 atom stereocenters. The van der Waals surface area contributed by atoms with E-state index < -0.39 is 0 Å². The van der Waals surface area contributed by atoms with Crippen molar-refractivity contribution in [3.05, 3.63) is 0 Å². The lowest BCUT2D eigenvalue weighted by Gasteiger charge is -2.30. The number of rotatable bonds is 5. The lowest BCUT2D eigenvalue weighted by atomic mass is 9.83. The molecule has 1 unspecified atom stereocenters. The third-order valence-electron chi connectivity index (χ3n) is 3.33. The van der Waals surface area contributed by atoms with E-state index in [1.807, 2.05) is 0 Å². The van der Waals surface area contributed by atoms with Crippen molar-refractivity contribution in [2.75, 3.05) is 6.54 Å². The molecular weight excluding hydrogens is 170 g/mol. The fourth-order valence-electron chi connectivity index (χ4n) is 2.51. The van der Waals surface area contributed by atoms with Crippen LogP contribution in [0, 0.1) is 18.3 Å². The van der Waals surface area contributed by atoms with Gasteiger partial charge >= 0.3 is 0 Å². The first kappa shape index (κ1) is 11.6. The average molecular weight is 193 g/mol. The van der Waals surface area contributed by atoms with Gasteiger partial charge in [0, 0.05) is 19.0 Å². The van der Waals surface area contributed by atoms with Crippen molar-refractivity contribution in [2.24, 2.45) is 5.92 Å². The molecule has 1 nitrogen and oxygen atoms in total. The second-order valence-corrected chi connectivity index (χ2v) is 4.32. The summed E-state index contributed by atoms with van der Waals surface area (Å²) in [6.45, 7) is 3.27. The lowest BCUT2D eigenvalue weighted by molar-refractivity contribution is 0.264. The molecule has 0 aliphatic heterocycles. The number of terminal acetylenes is 1. The van der Waals surface area contributed by atoms with Crippen molar-refractivity contribution in [1.29, 1.82) is 0 Å². The van der Waals surface area contributed by atoms with E-state index in [1.54, 1.807) is 0 Å². The molecule has 1 aliphatic rings. The minimum Gasteiger partial charge on any atom is -0.313 e. The van der Waals surface area contributed by atoms with Gasteiger partial charge in [-0.05, 0) is 25.2 Å². The van der Waals surface area contributed by atoms with E-state index in [-0.39, 0.29) is 0 Å². The maximum absolute atomic E-state index is 5.24. The van der Waals surface area contributed by atoms with Gasteiger partial charge < -0.3 is 5.32 Å². The molecule has 1 aliphatic carbocycles. The molecule has 0 heterocycles. The lowest BCUT2D eigenvalue weighted by Crippen LogP contribution is -2.37. The maximum atomic E-state index is 5.24. The van der Waals surface area contributed by atoms with E-state index in [0.717, 1.165) is 18.9 Å². The molecule has 1 heteroatoms. The van der Waals surface area contributed by atoms with Crippen molar-refractivity contribution in [1.82, 2.24) is 5.32 Å². The SMILES string of the molecule is C#CCCNC(CC)C1CCCCC1. The highest BCUT2D eigenvalue weighted by molar-refractivity contribution is 4.86. The first-order chi connectivity index (χ1) is 6.88. The predicted octanol–water partition coefficient (Wildman–Crippen LogP) is 2.96. The van der Waals surface area contributed by atoms with Crippen LogP contribution >= 0.6 is 0 Å². The summed E-state index contributed by atoms with van der Waals surface area (Å²) in [7, 11) is 0. The quantitative estimate of drug-likeness (QED) is 0.523. The molecule has 0 radical (unpaired) electrons. The highest BCUT2D eigenvalue weighted by Crippen LogP contribution is 2.27. The number of nitrogens with one attached hydrogen (secondary N) is 1. The smallest absolute Gasteiger partial charge is 0.0212 e. The molecule has 80 valence electrons. The van der Waals surface area contributed by atoms with Crippen LogP contribution in [-0.2, 0) is 0 Å². The maximum Gasteiger partial charge on any atom is 0.0212 e. The topological polar surface area (TPSA) is 12.0 Å². The van der Waals surface area contributed by atoms with Gasteiger partial charge in [0.1, 0.15) is 0 Å². The minimum atomic E-state index is 0.712. The Morgan fingerprint density at radius 2 is 2.07 bits per heavy atom. The Kier molecular flexibility index (Phi) is 5.71. The molecule has 14 heavy (non-hydrogen) atoms. The van der Waals surface area contributed by atoms with Crippen LogP contribution in [0.4, 0.5) is 0 Å². The summed E-state index contributed by atoms with van der Waals surface area (Å²) in [5.74, 6) is 3.60. The van der Waals surface area contributed by atoms with Gasteiger partial charge in [0.25, 0.3) is 0 Å². The summed E-state index contributed by atoms with van der Waals surface area (Å²) in [5, 5.41) is 3.60. The summed E-state index contributed by atoms with van der Waals surface area (Å²) in [6.07, 6.45) is 14.5. The molecule has 0 aromatic heterocycles. The number of hydrogen-bond acceptors (Lipinski definition) is 1. The Morgan fingerprint density at radius 3 is 2.64 bits per heavy atom. The third kappa shape index (κ3) is 3.72. The first-order valence-corrected chi connectivity index (χ1v) is 6.05. The predicted molar refractivity (Wildman–Crippen MR) is 62.1 cm³/mol. The molecule has 0 spiro atoms. The molecule has 0 bridgehead atoms. The molecular formula is C13H23N. The normalized spacial score (nSPS) is 20.3. The molecule has 0 amide bonds. The third-order valence-corrected chi connectivity index (χ3v) is 3.33. The molecule has 1 N–H and O–H groups in total. The average Bonchev–Trinajstić information content (AvgIpc) is 2.26. The molecule has 0 aromatic rings. The second kappa shape index (κ2) is 6.90. The molecule has 1 saturated carbocycles. The fraction of sp³-hybridized carbons (Fsp3) is 0.846. The summed E-state index contributed by atoms with van der Waals surface area (Å²) < 4.78 is 0. The van der Waals surface area contributed by atoms with Crippen molar-refractivity contribution >= 4 is 0 Å². The Morgan fingerprint density at radius 1 is 1.36 bits per heavy atom. The van der Waals surface area contributed by atoms with Gasteiger partial charge in [-0.3, -0.25) is 0 Å². The van der Waals surface area contributed by atoms with Gasteiger partial charge in [-0.2, -0.15) is 0 Å². The highest BCUT2D eigenvalue weighted by atomic mass is 14.9. The zero-order chi connectivity index (χ0) is 10.2. The van der Waals surface area contributed by atoms with E-state index in [1.165, 1.54) is 38.5 Å². The van der Waals surface area contributed by atoms with Crippen LogP contribution in [0.1, 0.15) is 51.9 Å². The zero-order valence-electron chi connectivity index (χ0n) is 9.39. The van der Waals surface area contributed by atoms with Crippen molar-refractivity contribution in [3.63, 3.8) is 0 Å². The second-order valence-electron chi connectivity index (χ2n) is 4.32. The van der Waals surface area contributed by atoms with Gasteiger partial charge in [0.15, 0.2) is 0 Å². The highest BCUT2D eigenvalue weighted by Gasteiger charge is 2.21. The zero-order valence-corrected chi connectivity index (χ0v) is 9.39. The summed E-state index contributed by atoms with van der Waals surface area (Å²) in [6, 6.07) is 0.712. The largest absolute Gasteiger partial charge is 0.313 e. The number of hydrogen-bond donors (Lipinski definition) is 1. The van der Waals surface area contributed by atoms with Crippen LogP contribution in [0.25, 0.3) is 0 Å². The molecule has 0 saturated heterocycles.